The first kappa shape index (κ1) is 18.8. The predicted molar refractivity (Wildman–Crippen MR) is 111 cm³/mol. The zero-order valence-electron chi connectivity index (χ0n) is 15.7. The summed E-state index contributed by atoms with van der Waals surface area (Å²) in [5.74, 6) is 0.211. The minimum Gasteiger partial charge on any atom is -0.504 e. The van der Waals surface area contributed by atoms with Crippen molar-refractivity contribution in [2.45, 2.75) is 6.42 Å². The number of hydrogen-bond donors (Lipinski definition) is 3. The summed E-state index contributed by atoms with van der Waals surface area (Å²) < 4.78 is 10.6. The maximum atomic E-state index is 11.6. The molecule has 0 saturated heterocycles. The van der Waals surface area contributed by atoms with Crippen molar-refractivity contribution in [2.24, 2.45) is 0 Å². The molecule has 0 aliphatic carbocycles. The van der Waals surface area contributed by atoms with Gasteiger partial charge >= 0.3 is 0 Å². The van der Waals surface area contributed by atoms with Crippen molar-refractivity contribution < 1.29 is 19.7 Å². The summed E-state index contributed by atoms with van der Waals surface area (Å²) in [6, 6.07) is 10.9. The quantitative estimate of drug-likeness (QED) is 0.464. The van der Waals surface area contributed by atoms with Crippen molar-refractivity contribution in [3.05, 3.63) is 62.7 Å². The summed E-state index contributed by atoms with van der Waals surface area (Å²) in [5, 5.41) is 23.0. The Balaban J connectivity index is 1.65. The van der Waals surface area contributed by atoms with Crippen LogP contribution in [0.3, 0.4) is 0 Å². The molecule has 0 unspecified atom stereocenters. The van der Waals surface area contributed by atoms with Crippen LogP contribution in [0.25, 0.3) is 22.2 Å². The first-order chi connectivity index (χ1) is 14.0. The summed E-state index contributed by atoms with van der Waals surface area (Å²) in [6.45, 7) is 0. The minimum absolute atomic E-state index is 0.356. The number of ether oxygens (including phenoxy) is 2. The molecule has 0 aliphatic rings. The van der Waals surface area contributed by atoms with E-state index in [-0.39, 0.29) is 0 Å². The molecule has 7 nitrogen and oxygen atoms in total. The van der Waals surface area contributed by atoms with E-state index >= 15 is 0 Å². The molecule has 0 atom stereocenters. The number of rotatable bonds is 5. The number of fused-ring (bicyclic) bond motifs is 1. The topological polar surface area (TPSA) is 105 Å². The fourth-order valence-corrected chi connectivity index (χ4v) is 3.95. The van der Waals surface area contributed by atoms with E-state index in [1.165, 1.54) is 11.3 Å². The zero-order chi connectivity index (χ0) is 20.5. The number of pyridine rings is 1. The molecule has 8 heteroatoms. The van der Waals surface area contributed by atoms with Crippen LogP contribution >= 0.6 is 11.3 Å². The van der Waals surface area contributed by atoms with Gasteiger partial charge in [0.1, 0.15) is 0 Å². The monoisotopic (exact) mass is 410 g/mol. The van der Waals surface area contributed by atoms with Crippen LogP contribution in [-0.2, 0) is 6.42 Å². The molecule has 0 amide bonds. The first-order valence-corrected chi connectivity index (χ1v) is 9.61. The van der Waals surface area contributed by atoms with E-state index in [2.05, 4.69) is 9.97 Å². The van der Waals surface area contributed by atoms with Gasteiger partial charge in [-0.05, 0) is 29.8 Å². The fraction of sp³-hybridized carbons (Fsp3) is 0.143. The Labute approximate surface area is 169 Å². The molecule has 0 bridgehead atoms. The molecule has 0 fully saturated rings. The van der Waals surface area contributed by atoms with Crippen molar-refractivity contribution in [3.8, 4) is 34.3 Å². The van der Waals surface area contributed by atoms with Crippen LogP contribution < -0.4 is 15.0 Å². The van der Waals surface area contributed by atoms with Crippen molar-refractivity contribution in [1.29, 1.82) is 0 Å². The molecule has 2 aromatic carbocycles. The van der Waals surface area contributed by atoms with E-state index in [4.69, 9.17) is 9.47 Å². The lowest BCUT2D eigenvalue weighted by atomic mass is 10.1. The van der Waals surface area contributed by atoms with Gasteiger partial charge in [-0.2, -0.15) is 0 Å². The number of nitrogens with zero attached hydrogens (tertiary/aromatic N) is 1. The third-order valence-electron chi connectivity index (χ3n) is 4.61. The average Bonchev–Trinajstić information content (AvgIpc) is 3.20. The highest BCUT2D eigenvalue weighted by Gasteiger charge is 2.13. The fourth-order valence-electron chi connectivity index (χ4n) is 3.11. The Morgan fingerprint density at radius 2 is 1.83 bits per heavy atom. The molecule has 2 heterocycles. The number of thiazole rings is 1. The van der Waals surface area contributed by atoms with E-state index in [0.29, 0.717) is 28.8 Å². The molecular weight excluding hydrogens is 392 g/mol. The molecule has 0 radical (unpaired) electrons. The van der Waals surface area contributed by atoms with Crippen LogP contribution in [0.5, 0.6) is 23.0 Å². The molecule has 148 valence electrons. The average molecular weight is 410 g/mol. The molecule has 0 saturated carbocycles. The van der Waals surface area contributed by atoms with Gasteiger partial charge in [0, 0.05) is 22.8 Å². The van der Waals surface area contributed by atoms with Crippen molar-refractivity contribution in [3.63, 3.8) is 0 Å². The lowest BCUT2D eigenvalue weighted by molar-refractivity contribution is 0.354. The number of benzene rings is 2. The molecule has 4 rings (SSSR count). The van der Waals surface area contributed by atoms with Crippen molar-refractivity contribution in [2.75, 3.05) is 14.2 Å². The first-order valence-electron chi connectivity index (χ1n) is 8.73. The highest BCUT2D eigenvalue weighted by Crippen LogP contribution is 2.33. The van der Waals surface area contributed by atoms with Crippen LogP contribution in [0.15, 0.2) is 46.6 Å². The zero-order valence-corrected chi connectivity index (χ0v) is 16.5. The summed E-state index contributed by atoms with van der Waals surface area (Å²) in [4.78, 5) is 18.8. The summed E-state index contributed by atoms with van der Waals surface area (Å²) in [6.07, 6.45) is 0.637. The molecule has 3 N–H and O–H groups in total. The Morgan fingerprint density at radius 3 is 2.59 bits per heavy atom. The Hall–Kier alpha value is -3.52. The standard InChI is InChI=1S/C21H18N2O5S/c1-27-16-6-3-11(7-17(16)28-2)8-18-22-15(10-29-18)12-4-5-14-13(9-12)19(24)20(25)21(26)23-14/h3-7,9-10,25H,8H2,1-2H3,(H2,23,24,26). The smallest absolute Gasteiger partial charge is 0.294 e. The van der Waals surface area contributed by atoms with Gasteiger partial charge in [0.15, 0.2) is 17.2 Å². The van der Waals surface area contributed by atoms with Gasteiger partial charge < -0.3 is 24.7 Å². The Morgan fingerprint density at radius 1 is 1.03 bits per heavy atom. The number of aromatic hydroxyl groups is 2. The lowest BCUT2D eigenvalue weighted by Crippen LogP contribution is -2.04. The number of nitrogens with one attached hydrogen (secondary N) is 1. The number of methoxy groups -OCH3 is 2. The highest BCUT2D eigenvalue weighted by atomic mass is 32.1. The molecule has 0 spiro atoms. The third-order valence-corrected chi connectivity index (χ3v) is 5.46. The van der Waals surface area contributed by atoms with Gasteiger partial charge in [-0.25, -0.2) is 4.98 Å². The summed E-state index contributed by atoms with van der Waals surface area (Å²) >= 11 is 1.52. The Bertz CT molecular complexity index is 1260. The van der Waals surface area contributed by atoms with Crippen LogP contribution in [0, 0.1) is 0 Å². The normalized spacial score (nSPS) is 11.0. The predicted octanol–water partition coefficient (Wildman–Crippen LogP) is 3.67. The second-order valence-electron chi connectivity index (χ2n) is 6.40. The second kappa shape index (κ2) is 7.48. The van der Waals surface area contributed by atoms with Gasteiger partial charge in [-0.3, -0.25) is 4.79 Å². The van der Waals surface area contributed by atoms with E-state index in [9.17, 15) is 15.0 Å². The summed E-state index contributed by atoms with van der Waals surface area (Å²) in [7, 11) is 3.20. The van der Waals surface area contributed by atoms with E-state index in [1.807, 2.05) is 29.6 Å². The minimum atomic E-state index is -0.728. The van der Waals surface area contributed by atoms with Crippen molar-refractivity contribution in [1.82, 2.24) is 9.97 Å². The largest absolute Gasteiger partial charge is 0.504 e. The van der Waals surface area contributed by atoms with Crippen molar-refractivity contribution >= 4 is 22.2 Å². The van der Waals surface area contributed by atoms with Gasteiger partial charge in [-0.15, -0.1) is 11.3 Å². The molecule has 4 aromatic rings. The van der Waals surface area contributed by atoms with E-state index < -0.39 is 17.1 Å². The maximum absolute atomic E-state index is 11.6. The van der Waals surface area contributed by atoms with Gasteiger partial charge in [0.2, 0.25) is 5.75 Å². The second-order valence-corrected chi connectivity index (χ2v) is 7.35. The van der Waals surface area contributed by atoms with Gasteiger partial charge in [0.25, 0.3) is 5.56 Å². The van der Waals surface area contributed by atoms with Gasteiger partial charge in [-0.1, -0.05) is 12.1 Å². The number of H-pyrrole nitrogens is 1. The Kier molecular flexibility index (Phi) is 4.85. The van der Waals surface area contributed by atoms with Gasteiger partial charge in [0.05, 0.1) is 30.4 Å². The van der Waals surface area contributed by atoms with E-state index in [0.717, 1.165) is 21.8 Å². The van der Waals surface area contributed by atoms with Crippen LogP contribution in [0.4, 0.5) is 0 Å². The molecule has 2 aromatic heterocycles. The molecule has 29 heavy (non-hydrogen) atoms. The maximum Gasteiger partial charge on any atom is 0.294 e. The molecule has 0 aliphatic heterocycles. The number of aromatic nitrogens is 2. The van der Waals surface area contributed by atoms with E-state index in [1.54, 1.807) is 26.4 Å². The third kappa shape index (κ3) is 3.50. The number of hydrogen-bond acceptors (Lipinski definition) is 7. The summed E-state index contributed by atoms with van der Waals surface area (Å²) in [5.41, 5.74) is 2.28. The lowest BCUT2D eigenvalue weighted by Gasteiger charge is -2.08. The van der Waals surface area contributed by atoms with Crippen LogP contribution in [0.2, 0.25) is 0 Å². The number of aromatic amines is 1. The highest BCUT2D eigenvalue weighted by molar-refractivity contribution is 7.10. The van der Waals surface area contributed by atoms with Crippen LogP contribution in [0.1, 0.15) is 10.6 Å². The van der Waals surface area contributed by atoms with Crippen LogP contribution in [-0.4, -0.2) is 34.4 Å². The SMILES string of the molecule is COc1ccc(Cc2nc(-c3ccc4[nH]c(=O)c(O)c(O)c4c3)cs2)cc1OC. The molecular formula is C21H18N2O5S.